The Labute approximate surface area is 127 Å². The van der Waals surface area contributed by atoms with Gasteiger partial charge in [0.2, 0.25) is 10.0 Å². The molecule has 4 nitrogen and oxygen atoms in total. The van der Waals surface area contributed by atoms with Gasteiger partial charge in [-0.3, -0.25) is 0 Å². The molecule has 1 atom stereocenters. The second-order valence-corrected chi connectivity index (χ2v) is 8.60. The molecule has 1 heterocycles. The van der Waals surface area contributed by atoms with Crippen LogP contribution in [-0.2, 0) is 16.6 Å². The Bertz CT molecular complexity index is 535. The van der Waals surface area contributed by atoms with Crippen LogP contribution in [-0.4, -0.2) is 32.9 Å². The number of nitrogens with zero attached hydrogens (tertiary/aromatic N) is 1. The first-order valence-corrected chi connectivity index (χ1v) is 9.23. The first-order chi connectivity index (χ1) is 9.21. The minimum absolute atomic E-state index is 0.00161. The summed E-state index contributed by atoms with van der Waals surface area (Å²) in [5.41, 5.74) is 0.837. The molecule has 1 aromatic heterocycles. The Morgan fingerprint density at radius 1 is 1.35 bits per heavy atom. The van der Waals surface area contributed by atoms with Crippen molar-refractivity contribution in [2.24, 2.45) is 5.92 Å². The van der Waals surface area contributed by atoms with Gasteiger partial charge in [0.25, 0.3) is 0 Å². The van der Waals surface area contributed by atoms with E-state index in [1.807, 2.05) is 26.3 Å². The molecule has 1 aromatic rings. The van der Waals surface area contributed by atoms with Crippen LogP contribution in [0.15, 0.2) is 10.3 Å². The van der Waals surface area contributed by atoms with Gasteiger partial charge in [0, 0.05) is 24.5 Å². The number of hydrogen-bond donors (Lipinski definition) is 1. The van der Waals surface area contributed by atoms with Crippen molar-refractivity contribution in [2.75, 3.05) is 14.1 Å². The molecule has 0 aliphatic carbocycles. The molecule has 0 aromatic carbocycles. The number of aryl methyl sites for hydroxylation is 1. The first-order valence-electron chi connectivity index (χ1n) is 6.91. The Hall–Kier alpha value is -0.430. The van der Waals surface area contributed by atoms with Gasteiger partial charge >= 0.3 is 0 Å². The van der Waals surface area contributed by atoms with Crippen LogP contribution in [0.5, 0.6) is 0 Å². The number of rotatable bonds is 7. The highest BCUT2D eigenvalue weighted by molar-refractivity contribution is 7.89. The van der Waals surface area contributed by atoms with E-state index in [-0.39, 0.29) is 6.04 Å². The summed E-state index contributed by atoms with van der Waals surface area (Å²) in [4.78, 5) is 1.36. The van der Waals surface area contributed by atoms with Crippen molar-refractivity contribution in [1.82, 2.24) is 9.62 Å². The second-order valence-electron chi connectivity index (χ2n) is 5.70. The summed E-state index contributed by atoms with van der Waals surface area (Å²) < 4.78 is 27.2. The summed E-state index contributed by atoms with van der Waals surface area (Å²) >= 11 is 1.50. The van der Waals surface area contributed by atoms with Gasteiger partial charge in [-0.2, -0.15) is 4.31 Å². The molecule has 1 rings (SSSR count). The molecule has 116 valence electrons. The second kappa shape index (κ2) is 7.02. The van der Waals surface area contributed by atoms with Crippen LogP contribution in [0.1, 0.15) is 37.6 Å². The van der Waals surface area contributed by atoms with E-state index in [0.717, 1.165) is 16.9 Å². The third kappa shape index (κ3) is 3.81. The van der Waals surface area contributed by atoms with Crippen LogP contribution >= 0.6 is 11.3 Å². The molecule has 0 radical (unpaired) electrons. The number of nitrogens with one attached hydrogen (secondary N) is 1. The van der Waals surface area contributed by atoms with E-state index in [1.165, 1.54) is 15.6 Å². The van der Waals surface area contributed by atoms with Crippen molar-refractivity contribution >= 4 is 21.4 Å². The SMILES string of the molecule is CNCc1scc(C)c1S(=O)(=O)N(C)C(C)CC(C)C. The Morgan fingerprint density at radius 2 is 1.95 bits per heavy atom. The Morgan fingerprint density at radius 3 is 2.45 bits per heavy atom. The van der Waals surface area contributed by atoms with Gasteiger partial charge in [-0.25, -0.2) is 8.42 Å². The van der Waals surface area contributed by atoms with Crippen molar-refractivity contribution in [3.8, 4) is 0 Å². The molecule has 1 N–H and O–H groups in total. The van der Waals surface area contributed by atoms with Gasteiger partial charge in [0.1, 0.15) is 4.90 Å². The topological polar surface area (TPSA) is 49.4 Å². The number of sulfonamides is 1. The molecule has 6 heteroatoms. The largest absolute Gasteiger partial charge is 0.315 e. The van der Waals surface area contributed by atoms with Crippen molar-refractivity contribution in [3.63, 3.8) is 0 Å². The van der Waals surface area contributed by atoms with E-state index < -0.39 is 10.0 Å². The molecule has 0 saturated heterocycles. The first kappa shape index (κ1) is 17.6. The smallest absolute Gasteiger partial charge is 0.244 e. The molecule has 1 unspecified atom stereocenters. The van der Waals surface area contributed by atoms with Crippen molar-refractivity contribution in [2.45, 2.75) is 51.6 Å². The van der Waals surface area contributed by atoms with E-state index in [9.17, 15) is 8.42 Å². The van der Waals surface area contributed by atoms with Crippen LogP contribution in [0, 0.1) is 12.8 Å². The maximum absolute atomic E-state index is 12.8. The fraction of sp³-hybridized carbons (Fsp3) is 0.714. The maximum Gasteiger partial charge on any atom is 0.244 e. The predicted octanol–water partition coefficient (Wildman–Crippen LogP) is 2.83. The lowest BCUT2D eigenvalue weighted by Gasteiger charge is -2.26. The highest BCUT2D eigenvalue weighted by Crippen LogP contribution is 2.30. The zero-order valence-corrected chi connectivity index (χ0v) is 14.9. The lowest BCUT2D eigenvalue weighted by atomic mass is 10.1. The van der Waals surface area contributed by atoms with Gasteiger partial charge in [0.05, 0.1) is 0 Å². The normalized spacial score (nSPS) is 14.2. The quantitative estimate of drug-likeness (QED) is 0.841. The minimum atomic E-state index is -3.42. The zero-order chi connectivity index (χ0) is 15.5. The fourth-order valence-electron chi connectivity index (χ4n) is 2.33. The maximum atomic E-state index is 12.8. The lowest BCUT2D eigenvalue weighted by Crippen LogP contribution is -2.36. The highest BCUT2D eigenvalue weighted by atomic mass is 32.2. The van der Waals surface area contributed by atoms with Crippen LogP contribution in [0.4, 0.5) is 0 Å². The fourth-order valence-corrected chi connectivity index (χ4v) is 5.47. The highest BCUT2D eigenvalue weighted by Gasteiger charge is 2.30. The molecule has 0 amide bonds. The average Bonchev–Trinajstić information content (AvgIpc) is 2.69. The van der Waals surface area contributed by atoms with E-state index in [0.29, 0.717) is 17.4 Å². The van der Waals surface area contributed by atoms with Crippen molar-refractivity contribution < 1.29 is 8.42 Å². The van der Waals surface area contributed by atoms with Gasteiger partial charge in [-0.15, -0.1) is 11.3 Å². The summed E-state index contributed by atoms with van der Waals surface area (Å²) in [6.07, 6.45) is 0.861. The van der Waals surface area contributed by atoms with Crippen molar-refractivity contribution in [1.29, 1.82) is 0 Å². The minimum Gasteiger partial charge on any atom is -0.315 e. The van der Waals surface area contributed by atoms with Gasteiger partial charge < -0.3 is 5.32 Å². The molecule has 0 fully saturated rings. The van der Waals surface area contributed by atoms with Gasteiger partial charge in [-0.1, -0.05) is 13.8 Å². The van der Waals surface area contributed by atoms with Gasteiger partial charge in [-0.05, 0) is 44.2 Å². The summed E-state index contributed by atoms with van der Waals surface area (Å²) in [6, 6.07) is 0.00161. The average molecular weight is 319 g/mol. The number of hydrogen-bond acceptors (Lipinski definition) is 4. The van der Waals surface area contributed by atoms with Crippen molar-refractivity contribution in [3.05, 3.63) is 15.8 Å². The predicted molar refractivity (Wildman–Crippen MR) is 85.7 cm³/mol. The molecule has 0 aliphatic rings. The summed E-state index contributed by atoms with van der Waals surface area (Å²) in [5, 5.41) is 4.95. The monoisotopic (exact) mass is 318 g/mol. The molecule has 20 heavy (non-hydrogen) atoms. The standard InChI is InChI=1S/C14H26N2O2S2/c1-10(2)7-12(4)16(6)20(17,18)14-11(3)9-19-13(14)8-15-5/h9-10,12,15H,7-8H2,1-6H3. The summed E-state index contributed by atoms with van der Waals surface area (Å²) in [6.45, 7) is 8.64. The van der Waals surface area contributed by atoms with Gasteiger partial charge in [0.15, 0.2) is 0 Å². The summed E-state index contributed by atoms with van der Waals surface area (Å²) in [5.74, 6) is 0.475. The van der Waals surface area contributed by atoms with E-state index in [2.05, 4.69) is 19.2 Å². The van der Waals surface area contributed by atoms with E-state index >= 15 is 0 Å². The van der Waals surface area contributed by atoms with E-state index in [1.54, 1.807) is 7.05 Å². The summed E-state index contributed by atoms with van der Waals surface area (Å²) in [7, 11) is 0.0928. The molecule has 0 saturated carbocycles. The number of thiophene rings is 1. The Kier molecular flexibility index (Phi) is 6.19. The Balaban J connectivity index is 3.13. The van der Waals surface area contributed by atoms with Crippen LogP contribution in [0.3, 0.4) is 0 Å². The third-order valence-corrected chi connectivity index (χ3v) is 6.83. The zero-order valence-electron chi connectivity index (χ0n) is 13.2. The third-order valence-electron chi connectivity index (χ3n) is 3.40. The molecular formula is C14H26N2O2S2. The molecule has 0 bridgehead atoms. The van der Waals surface area contributed by atoms with Crippen LogP contribution in [0.2, 0.25) is 0 Å². The van der Waals surface area contributed by atoms with Crippen LogP contribution < -0.4 is 5.32 Å². The lowest BCUT2D eigenvalue weighted by molar-refractivity contribution is 0.337. The molecule has 0 spiro atoms. The molecular weight excluding hydrogens is 292 g/mol. The van der Waals surface area contributed by atoms with E-state index in [4.69, 9.17) is 0 Å². The van der Waals surface area contributed by atoms with Crippen LogP contribution in [0.25, 0.3) is 0 Å². The molecule has 0 aliphatic heterocycles.